The Morgan fingerprint density at radius 3 is 2.50 bits per heavy atom. The van der Waals surface area contributed by atoms with Gasteiger partial charge in [-0.1, -0.05) is 54.6 Å². The monoisotopic (exact) mass is 372 g/mol. The maximum atomic E-state index is 12.6. The van der Waals surface area contributed by atoms with Crippen molar-refractivity contribution < 1.29 is 14.6 Å². The molecular weight excluding hydrogens is 352 g/mol. The van der Waals surface area contributed by atoms with Gasteiger partial charge >= 0.3 is 0 Å². The molecule has 0 aliphatic rings. The molecule has 0 bridgehead atoms. The number of amides is 1. The molecular formula is C23H20N2O3. The number of fused-ring (bicyclic) bond motifs is 2. The second kappa shape index (κ2) is 7.66. The van der Waals surface area contributed by atoms with Crippen molar-refractivity contribution in [2.45, 2.75) is 6.10 Å². The van der Waals surface area contributed by atoms with Crippen LogP contribution < -0.4 is 10.1 Å². The Morgan fingerprint density at radius 2 is 1.71 bits per heavy atom. The molecule has 0 saturated carbocycles. The summed E-state index contributed by atoms with van der Waals surface area (Å²) in [5.74, 6) is 0.0437. The van der Waals surface area contributed by atoms with Gasteiger partial charge in [0.15, 0.2) is 0 Å². The predicted molar refractivity (Wildman–Crippen MR) is 110 cm³/mol. The summed E-state index contributed by atoms with van der Waals surface area (Å²) in [6.45, 7) is 0.0913. The second-order valence-corrected chi connectivity index (χ2v) is 6.57. The third kappa shape index (κ3) is 3.52. The summed E-state index contributed by atoms with van der Waals surface area (Å²) >= 11 is 0. The molecule has 1 aromatic heterocycles. The molecule has 140 valence electrons. The second-order valence-electron chi connectivity index (χ2n) is 6.57. The van der Waals surface area contributed by atoms with E-state index in [1.807, 2.05) is 66.7 Å². The summed E-state index contributed by atoms with van der Waals surface area (Å²) in [5.41, 5.74) is 1.00. The van der Waals surface area contributed by atoms with Gasteiger partial charge in [-0.05, 0) is 39.9 Å². The first-order valence-electron chi connectivity index (χ1n) is 9.04. The number of aliphatic hydroxyl groups excluding tert-OH is 1. The van der Waals surface area contributed by atoms with Crippen LogP contribution in [-0.2, 0) is 0 Å². The van der Waals surface area contributed by atoms with Crippen molar-refractivity contribution in [2.24, 2.45) is 0 Å². The molecule has 4 aromatic rings. The lowest BCUT2D eigenvalue weighted by Gasteiger charge is -2.14. The highest BCUT2D eigenvalue weighted by Gasteiger charge is 2.15. The van der Waals surface area contributed by atoms with E-state index in [0.717, 1.165) is 27.1 Å². The van der Waals surface area contributed by atoms with E-state index in [1.54, 1.807) is 6.07 Å². The highest BCUT2D eigenvalue weighted by molar-refractivity contribution is 5.98. The lowest BCUT2D eigenvalue weighted by Crippen LogP contribution is -2.29. The van der Waals surface area contributed by atoms with Crippen molar-refractivity contribution >= 4 is 27.5 Å². The van der Waals surface area contributed by atoms with E-state index in [-0.39, 0.29) is 18.1 Å². The van der Waals surface area contributed by atoms with Crippen LogP contribution in [0.2, 0.25) is 0 Å². The number of hydrogen-bond acceptors (Lipinski definition) is 4. The maximum Gasteiger partial charge on any atom is 0.270 e. The summed E-state index contributed by atoms with van der Waals surface area (Å²) in [4.78, 5) is 16.9. The zero-order valence-corrected chi connectivity index (χ0v) is 15.4. The zero-order chi connectivity index (χ0) is 19.5. The highest BCUT2D eigenvalue weighted by Crippen LogP contribution is 2.24. The molecule has 0 aliphatic carbocycles. The van der Waals surface area contributed by atoms with Crippen LogP contribution in [0, 0.1) is 0 Å². The van der Waals surface area contributed by atoms with E-state index < -0.39 is 6.10 Å². The maximum absolute atomic E-state index is 12.6. The molecule has 0 unspecified atom stereocenters. The molecule has 5 nitrogen and oxygen atoms in total. The normalized spacial score (nSPS) is 12.1. The molecule has 1 atom stereocenters. The van der Waals surface area contributed by atoms with Crippen LogP contribution in [0.25, 0.3) is 21.5 Å². The summed E-state index contributed by atoms with van der Waals surface area (Å²) in [7, 11) is 1.53. The van der Waals surface area contributed by atoms with E-state index in [0.29, 0.717) is 5.88 Å². The highest BCUT2D eigenvalue weighted by atomic mass is 16.5. The number of hydrogen-bond donors (Lipinski definition) is 2. The molecule has 0 spiro atoms. The standard InChI is InChI=1S/C23H20N2O3/c1-28-23-19-9-5-4-8-17(19)13-20(25-23)22(27)24-14-21(26)18-11-10-15-6-2-3-7-16(15)12-18/h2-13,21,26H,14H2,1H3,(H,24,27)/t21-/m1/s1. The summed E-state index contributed by atoms with van der Waals surface area (Å²) in [6.07, 6.45) is -0.809. The topological polar surface area (TPSA) is 71.5 Å². The Morgan fingerprint density at radius 1 is 1.00 bits per heavy atom. The molecule has 0 saturated heterocycles. The Kier molecular flexibility index (Phi) is 4.91. The minimum Gasteiger partial charge on any atom is -0.481 e. The van der Waals surface area contributed by atoms with Crippen LogP contribution >= 0.6 is 0 Å². The van der Waals surface area contributed by atoms with Crippen LogP contribution in [-0.4, -0.2) is 29.7 Å². The van der Waals surface area contributed by atoms with Crippen molar-refractivity contribution in [2.75, 3.05) is 13.7 Å². The predicted octanol–water partition coefficient (Wildman–Crippen LogP) is 3.86. The van der Waals surface area contributed by atoms with Gasteiger partial charge in [0.1, 0.15) is 5.69 Å². The van der Waals surface area contributed by atoms with Gasteiger partial charge in [0.2, 0.25) is 5.88 Å². The van der Waals surface area contributed by atoms with Gasteiger partial charge in [-0.3, -0.25) is 4.79 Å². The number of nitrogens with one attached hydrogen (secondary N) is 1. The molecule has 0 aliphatic heterocycles. The van der Waals surface area contributed by atoms with E-state index in [4.69, 9.17) is 4.74 Å². The number of carbonyl (C=O) groups excluding carboxylic acids is 1. The van der Waals surface area contributed by atoms with Crippen LogP contribution in [0.15, 0.2) is 72.8 Å². The Hall–Kier alpha value is -3.44. The van der Waals surface area contributed by atoms with Crippen molar-refractivity contribution in [1.29, 1.82) is 0 Å². The van der Waals surface area contributed by atoms with E-state index in [2.05, 4.69) is 10.3 Å². The number of pyridine rings is 1. The molecule has 1 amide bonds. The first kappa shape index (κ1) is 17.9. The molecule has 28 heavy (non-hydrogen) atoms. The Labute approximate surface area is 162 Å². The van der Waals surface area contributed by atoms with Crippen LogP contribution in [0.3, 0.4) is 0 Å². The number of methoxy groups -OCH3 is 1. The van der Waals surface area contributed by atoms with Crippen LogP contribution in [0.5, 0.6) is 5.88 Å². The largest absolute Gasteiger partial charge is 0.481 e. The molecule has 2 N–H and O–H groups in total. The van der Waals surface area contributed by atoms with Crippen molar-refractivity contribution in [3.8, 4) is 5.88 Å². The fourth-order valence-electron chi connectivity index (χ4n) is 3.25. The molecule has 0 fully saturated rings. The van der Waals surface area contributed by atoms with Crippen LogP contribution in [0.4, 0.5) is 0 Å². The lowest BCUT2D eigenvalue weighted by molar-refractivity contribution is 0.0911. The Balaban J connectivity index is 1.51. The summed E-state index contributed by atoms with van der Waals surface area (Å²) in [6, 6.07) is 23.0. The van der Waals surface area contributed by atoms with Crippen LogP contribution in [0.1, 0.15) is 22.2 Å². The molecule has 4 rings (SSSR count). The first-order valence-corrected chi connectivity index (χ1v) is 9.04. The fraction of sp³-hybridized carbons (Fsp3) is 0.130. The number of aromatic nitrogens is 1. The fourth-order valence-corrected chi connectivity index (χ4v) is 3.25. The van der Waals surface area contributed by atoms with E-state index >= 15 is 0 Å². The molecule has 5 heteroatoms. The van der Waals surface area contributed by atoms with Gasteiger partial charge in [-0.25, -0.2) is 4.98 Å². The average Bonchev–Trinajstić information content (AvgIpc) is 2.76. The number of carbonyl (C=O) groups is 1. The van der Waals surface area contributed by atoms with Gasteiger partial charge in [0.05, 0.1) is 13.2 Å². The molecule has 3 aromatic carbocycles. The smallest absolute Gasteiger partial charge is 0.270 e. The van der Waals surface area contributed by atoms with Crippen molar-refractivity contribution in [3.63, 3.8) is 0 Å². The van der Waals surface area contributed by atoms with E-state index in [1.165, 1.54) is 7.11 Å². The molecule has 0 radical (unpaired) electrons. The van der Waals surface area contributed by atoms with E-state index in [9.17, 15) is 9.90 Å². The third-order valence-electron chi connectivity index (χ3n) is 4.75. The van der Waals surface area contributed by atoms with Crippen molar-refractivity contribution in [3.05, 3.63) is 84.1 Å². The number of nitrogens with zero attached hydrogens (tertiary/aromatic N) is 1. The van der Waals surface area contributed by atoms with Gasteiger partial charge in [0.25, 0.3) is 5.91 Å². The SMILES string of the molecule is COc1nc(C(=O)NC[C@@H](O)c2ccc3ccccc3c2)cc2ccccc12. The lowest BCUT2D eigenvalue weighted by atomic mass is 10.0. The quantitative estimate of drug-likeness (QED) is 0.558. The third-order valence-corrected chi connectivity index (χ3v) is 4.75. The minimum absolute atomic E-state index is 0.0913. The number of ether oxygens (including phenoxy) is 1. The van der Waals surface area contributed by atoms with Gasteiger partial charge < -0.3 is 15.2 Å². The number of aliphatic hydroxyl groups is 1. The number of rotatable bonds is 5. The zero-order valence-electron chi connectivity index (χ0n) is 15.4. The number of benzene rings is 3. The van der Waals surface area contributed by atoms with Gasteiger partial charge in [0, 0.05) is 11.9 Å². The average molecular weight is 372 g/mol. The summed E-state index contributed by atoms with van der Waals surface area (Å²) in [5, 5.41) is 17.1. The van der Waals surface area contributed by atoms with Gasteiger partial charge in [-0.2, -0.15) is 0 Å². The minimum atomic E-state index is -0.809. The first-order chi connectivity index (χ1) is 13.7. The Bertz CT molecular complexity index is 1160. The van der Waals surface area contributed by atoms with Crippen molar-refractivity contribution in [1.82, 2.24) is 10.3 Å². The summed E-state index contributed by atoms with van der Waals surface area (Å²) < 4.78 is 5.31. The molecule has 1 heterocycles. The van der Waals surface area contributed by atoms with Gasteiger partial charge in [-0.15, -0.1) is 0 Å².